The van der Waals surface area contributed by atoms with Gasteiger partial charge in [-0.2, -0.15) is 0 Å². The van der Waals surface area contributed by atoms with Gasteiger partial charge in [0.05, 0.1) is 29.9 Å². The van der Waals surface area contributed by atoms with Crippen LogP contribution in [0.4, 0.5) is 0 Å². The minimum absolute atomic E-state index is 0.213. The van der Waals surface area contributed by atoms with Crippen molar-refractivity contribution in [1.82, 2.24) is 5.32 Å². The highest BCUT2D eigenvalue weighted by Gasteiger charge is 2.31. The van der Waals surface area contributed by atoms with E-state index >= 15 is 0 Å². The molecule has 1 aromatic rings. The molecule has 0 aliphatic carbocycles. The number of carbonyl (C=O) groups excluding carboxylic acids is 2. The monoisotopic (exact) mass is 369 g/mol. The van der Waals surface area contributed by atoms with Crippen molar-refractivity contribution in [3.8, 4) is 5.75 Å². The highest BCUT2D eigenvalue weighted by molar-refractivity contribution is 9.12. The molecule has 2 rings (SSSR count). The minimum Gasteiger partial charge on any atom is -0.491 e. The van der Waals surface area contributed by atoms with E-state index in [1.165, 1.54) is 0 Å². The van der Waals surface area contributed by atoms with Gasteiger partial charge in [-0.05, 0) is 22.0 Å². The molecule has 7 heteroatoms. The van der Waals surface area contributed by atoms with Crippen molar-refractivity contribution in [2.24, 2.45) is 0 Å². The van der Waals surface area contributed by atoms with Crippen molar-refractivity contribution < 1.29 is 23.8 Å². The number of carbonyl (C=O) groups is 2. The topological polar surface area (TPSA) is 73.9 Å². The second kappa shape index (κ2) is 8.07. The van der Waals surface area contributed by atoms with Crippen molar-refractivity contribution in [3.05, 3.63) is 34.3 Å². The molecule has 1 aliphatic heterocycles. The maximum Gasteiger partial charge on any atom is 0.265 e. The van der Waals surface area contributed by atoms with Crippen LogP contribution in [-0.2, 0) is 19.1 Å². The fraction of sp³-hybridized carbons (Fsp3) is 0.333. The van der Waals surface area contributed by atoms with Gasteiger partial charge in [-0.15, -0.1) is 0 Å². The SMILES string of the molecule is COCCOCCOc1ccccc1C1=C(Br)C(=O)NC1=O. The van der Waals surface area contributed by atoms with Crippen LogP contribution in [0.1, 0.15) is 5.56 Å². The second-order valence-corrected chi connectivity index (χ2v) is 5.22. The molecule has 0 atom stereocenters. The van der Waals surface area contributed by atoms with Crippen LogP contribution in [0.2, 0.25) is 0 Å². The molecular weight excluding hydrogens is 354 g/mol. The number of hydrogen-bond acceptors (Lipinski definition) is 5. The Morgan fingerprint density at radius 2 is 1.77 bits per heavy atom. The van der Waals surface area contributed by atoms with Crippen LogP contribution >= 0.6 is 15.9 Å². The van der Waals surface area contributed by atoms with Gasteiger partial charge in [0, 0.05) is 12.7 Å². The molecule has 0 aromatic heterocycles. The van der Waals surface area contributed by atoms with Crippen LogP contribution < -0.4 is 10.1 Å². The van der Waals surface area contributed by atoms with Gasteiger partial charge < -0.3 is 14.2 Å². The molecule has 6 nitrogen and oxygen atoms in total. The molecule has 0 saturated carbocycles. The second-order valence-electron chi connectivity index (χ2n) is 4.42. The smallest absolute Gasteiger partial charge is 0.265 e. The molecule has 118 valence electrons. The normalized spacial score (nSPS) is 14.5. The molecule has 0 fully saturated rings. The number of amides is 2. The van der Waals surface area contributed by atoms with E-state index in [4.69, 9.17) is 14.2 Å². The Labute approximate surface area is 136 Å². The van der Waals surface area contributed by atoms with E-state index in [2.05, 4.69) is 21.2 Å². The van der Waals surface area contributed by atoms with E-state index in [9.17, 15) is 9.59 Å². The molecule has 0 bridgehead atoms. The molecule has 0 spiro atoms. The lowest BCUT2D eigenvalue weighted by Crippen LogP contribution is -2.22. The number of methoxy groups -OCH3 is 1. The van der Waals surface area contributed by atoms with Crippen LogP contribution in [0.15, 0.2) is 28.7 Å². The molecule has 2 amide bonds. The molecule has 0 saturated heterocycles. The number of nitrogens with one attached hydrogen (secondary N) is 1. The summed E-state index contributed by atoms with van der Waals surface area (Å²) in [5.74, 6) is -0.364. The summed E-state index contributed by atoms with van der Waals surface area (Å²) in [7, 11) is 1.61. The maximum atomic E-state index is 11.9. The Bertz CT molecular complexity index is 599. The van der Waals surface area contributed by atoms with E-state index in [1.807, 2.05) is 0 Å². The van der Waals surface area contributed by atoms with Crippen molar-refractivity contribution in [2.45, 2.75) is 0 Å². The fourth-order valence-corrected chi connectivity index (χ4v) is 2.42. The largest absolute Gasteiger partial charge is 0.491 e. The van der Waals surface area contributed by atoms with Crippen molar-refractivity contribution in [2.75, 3.05) is 33.5 Å². The number of imide groups is 1. The summed E-state index contributed by atoms with van der Waals surface area (Å²) in [6, 6.07) is 7.05. The first kappa shape index (κ1) is 16.7. The van der Waals surface area contributed by atoms with Gasteiger partial charge in [-0.25, -0.2) is 0 Å². The zero-order valence-electron chi connectivity index (χ0n) is 12.1. The Morgan fingerprint density at radius 1 is 1.05 bits per heavy atom. The Balaban J connectivity index is 2.05. The summed E-state index contributed by atoms with van der Waals surface area (Å²) >= 11 is 3.14. The number of para-hydroxylation sites is 1. The van der Waals surface area contributed by atoms with Crippen molar-refractivity contribution >= 4 is 33.3 Å². The van der Waals surface area contributed by atoms with Gasteiger partial charge in [0.15, 0.2) is 0 Å². The molecule has 0 unspecified atom stereocenters. The molecule has 0 radical (unpaired) electrons. The van der Waals surface area contributed by atoms with Gasteiger partial charge in [0.25, 0.3) is 11.8 Å². The number of benzene rings is 1. The Kier molecular flexibility index (Phi) is 6.11. The van der Waals surface area contributed by atoms with Crippen LogP contribution in [-0.4, -0.2) is 45.4 Å². The van der Waals surface area contributed by atoms with Crippen LogP contribution in [0.25, 0.3) is 5.57 Å². The van der Waals surface area contributed by atoms with E-state index < -0.39 is 11.8 Å². The Hall–Kier alpha value is -1.70. The van der Waals surface area contributed by atoms with Gasteiger partial charge in [0.2, 0.25) is 0 Å². The summed E-state index contributed by atoms with van der Waals surface area (Å²) in [6.45, 7) is 1.76. The van der Waals surface area contributed by atoms with E-state index in [0.29, 0.717) is 37.7 Å². The maximum absolute atomic E-state index is 11.9. The van der Waals surface area contributed by atoms with Gasteiger partial charge >= 0.3 is 0 Å². The summed E-state index contributed by atoms with van der Waals surface area (Å²) in [4.78, 5) is 23.4. The zero-order valence-corrected chi connectivity index (χ0v) is 13.6. The zero-order chi connectivity index (χ0) is 15.9. The molecular formula is C15H16BrNO5. The van der Waals surface area contributed by atoms with Crippen LogP contribution in [0.5, 0.6) is 5.75 Å². The molecule has 1 heterocycles. The predicted octanol–water partition coefficient (Wildman–Crippen LogP) is 1.49. The highest BCUT2D eigenvalue weighted by atomic mass is 79.9. The third-order valence-electron chi connectivity index (χ3n) is 2.95. The van der Waals surface area contributed by atoms with Crippen molar-refractivity contribution in [3.63, 3.8) is 0 Å². The van der Waals surface area contributed by atoms with Gasteiger partial charge in [-0.3, -0.25) is 14.9 Å². The molecule has 22 heavy (non-hydrogen) atoms. The summed E-state index contributed by atoms with van der Waals surface area (Å²) in [6.07, 6.45) is 0. The quantitative estimate of drug-likeness (QED) is 0.555. The van der Waals surface area contributed by atoms with E-state index in [0.717, 1.165) is 0 Å². The number of hydrogen-bond donors (Lipinski definition) is 1. The number of halogens is 1. The average molecular weight is 370 g/mol. The third-order valence-corrected chi connectivity index (χ3v) is 3.70. The fourth-order valence-electron chi connectivity index (χ4n) is 1.93. The lowest BCUT2D eigenvalue weighted by Gasteiger charge is -2.11. The molecule has 1 aliphatic rings. The predicted molar refractivity (Wildman–Crippen MR) is 83.6 cm³/mol. The number of ether oxygens (including phenoxy) is 3. The van der Waals surface area contributed by atoms with Gasteiger partial charge in [-0.1, -0.05) is 18.2 Å². The van der Waals surface area contributed by atoms with Gasteiger partial charge in [0.1, 0.15) is 12.4 Å². The summed E-state index contributed by atoms with van der Waals surface area (Å²) in [5, 5.41) is 2.24. The van der Waals surface area contributed by atoms with E-state index in [1.54, 1.807) is 31.4 Å². The number of rotatable bonds is 8. The highest BCUT2D eigenvalue weighted by Crippen LogP contribution is 2.33. The van der Waals surface area contributed by atoms with E-state index in [-0.39, 0.29) is 10.1 Å². The summed E-state index contributed by atoms with van der Waals surface area (Å²) in [5.41, 5.74) is 0.843. The summed E-state index contributed by atoms with van der Waals surface area (Å²) < 4.78 is 16.1. The third kappa shape index (κ3) is 3.94. The minimum atomic E-state index is -0.447. The molecule has 1 N–H and O–H groups in total. The molecule has 1 aromatic carbocycles. The first-order valence-corrected chi connectivity index (χ1v) is 7.48. The lowest BCUT2D eigenvalue weighted by atomic mass is 10.1. The first-order valence-electron chi connectivity index (χ1n) is 6.69. The first-order chi connectivity index (χ1) is 10.6. The Morgan fingerprint density at radius 3 is 2.45 bits per heavy atom. The lowest BCUT2D eigenvalue weighted by molar-refractivity contribution is -0.123. The van der Waals surface area contributed by atoms with Crippen LogP contribution in [0.3, 0.4) is 0 Å². The van der Waals surface area contributed by atoms with Crippen LogP contribution in [0, 0.1) is 0 Å². The van der Waals surface area contributed by atoms with Crippen molar-refractivity contribution in [1.29, 1.82) is 0 Å². The standard InChI is InChI=1S/C15H16BrNO5/c1-20-6-7-21-8-9-22-11-5-3-2-4-10(11)12-13(16)15(19)17-14(12)18/h2-5H,6-9H2,1H3,(H,17,18,19). The average Bonchev–Trinajstić information content (AvgIpc) is 2.76.